The quantitative estimate of drug-likeness (QED) is 0.883. The zero-order valence-electron chi connectivity index (χ0n) is 11.8. The van der Waals surface area contributed by atoms with Crippen LogP contribution in [0.1, 0.15) is 36.5 Å². The van der Waals surface area contributed by atoms with Gasteiger partial charge in [-0.1, -0.05) is 0 Å². The summed E-state index contributed by atoms with van der Waals surface area (Å²) in [4.78, 5) is 16.7. The van der Waals surface area contributed by atoms with Gasteiger partial charge >= 0.3 is 0 Å². The molecule has 0 radical (unpaired) electrons. The molecule has 4 atom stereocenters. The molecule has 3 aliphatic rings. The molecule has 1 heterocycles. The molecular weight excluding hydrogens is 250 g/mol. The van der Waals surface area contributed by atoms with Crippen LogP contribution in [0.3, 0.4) is 0 Å². The van der Waals surface area contributed by atoms with E-state index in [9.17, 15) is 4.79 Å². The van der Waals surface area contributed by atoms with Gasteiger partial charge in [0, 0.05) is 18.8 Å². The van der Waals surface area contributed by atoms with Crippen LogP contribution in [0.2, 0.25) is 0 Å². The summed E-state index contributed by atoms with van der Waals surface area (Å²) in [6.45, 7) is 2.79. The number of pyridine rings is 1. The van der Waals surface area contributed by atoms with Crippen LogP contribution < -0.4 is 10.6 Å². The van der Waals surface area contributed by atoms with Crippen molar-refractivity contribution in [3.63, 3.8) is 0 Å². The number of carbonyl (C=O) groups is 1. The first-order chi connectivity index (χ1) is 9.79. The fourth-order valence-electron chi connectivity index (χ4n) is 4.64. The lowest BCUT2D eigenvalue weighted by Gasteiger charge is -2.12. The van der Waals surface area contributed by atoms with Crippen LogP contribution in [0, 0.1) is 23.7 Å². The van der Waals surface area contributed by atoms with E-state index < -0.39 is 0 Å². The number of rotatable bonds is 4. The van der Waals surface area contributed by atoms with Gasteiger partial charge in [0.2, 0.25) is 0 Å². The SMILES string of the molecule is CCNc1ncccc1C(=O)NC1C2C3CCC(C3)C12. The zero-order chi connectivity index (χ0) is 13.7. The first kappa shape index (κ1) is 12.2. The second-order valence-corrected chi connectivity index (χ2v) is 6.42. The molecule has 2 N–H and O–H groups in total. The van der Waals surface area contributed by atoms with Gasteiger partial charge in [0.05, 0.1) is 5.56 Å². The highest BCUT2D eigenvalue weighted by molar-refractivity contribution is 5.99. The van der Waals surface area contributed by atoms with Crippen molar-refractivity contribution in [2.45, 2.75) is 32.2 Å². The second kappa shape index (κ2) is 4.47. The molecule has 106 valence electrons. The van der Waals surface area contributed by atoms with Crippen LogP contribution in [0.4, 0.5) is 5.82 Å². The Balaban J connectivity index is 1.47. The van der Waals surface area contributed by atoms with Crippen molar-refractivity contribution in [3.8, 4) is 0 Å². The number of carbonyl (C=O) groups excluding carboxylic acids is 1. The van der Waals surface area contributed by atoms with E-state index in [0.717, 1.165) is 30.2 Å². The van der Waals surface area contributed by atoms with Crippen molar-refractivity contribution in [1.82, 2.24) is 10.3 Å². The molecule has 4 unspecified atom stereocenters. The number of fused-ring (bicyclic) bond motifs is 5. The normalized spacial score (nSPS) is 36.5. The summed E-state index contributed by atoms with van der Waals surface area (Å²) in [7, 11) is 0. The van der Waals surface area contributed by atoms with Crippen LogP contribution in [0.15, 0.2) is 18.3 Å². The number of hydrogen-bond donors (Lipinski definition) is 2. The maximum absolute atomic E-state index is 12.5. The van der Waals surface area contributed by atoms with Crippen molar-refractivity contribution in [3.05, 3.63) is 23.9 Å². The van der Waals surface area contributed by atoms with E-state index in [1.54, 1.807) is 6.20 Å². The molecule has 3 fully saturated rings. The Morgan fingerprint density at radius 1 is 1.35 bits per heavy atom. The van der Waals surface area contributed by atoms with Crippen LogP contribution in [-0.4, -0.2) is 23.5 Å². The predicted molar refractivity (Wildman–Crippen MR) is 77.5 cm³/mol. The molecule has 3 aliphatic carbocycles. The molecule has 4 rings (SSSR count). The number of nitrogens with one attached hydrogen (secondary N) is 2. The van der Waals surface area contributed by atoms with Gasteiger partial charge in [-0.2, -0.15) is 0 Å². The summed E-state index contributed by atoms with van der Waals surface area (Å²) in [5.74, 6) is 4.05. The van der Waals surface area contributed by atoms with E-state index >= 15 is 0 Å². The Morgan fingerprint density at radius 3 is 2.80 bits per heavy atom. The van der Waals surface area contributed by atoms with Gasteiger partial charge in [-0.25, -0.2) is 4.98 Å². The monoisotopic (exact) mass is 271 g/mol. The minimum absolute atomic E-state index is 0.0350. The molecule has 4 heteroatoms. The Morgan fingerprint density at radius 2 is 2.10 bits per heavy atom. The maximum atomic E-state index is 12.5. The Kier molecular flexibility index (Phi) is 2.72. The van der Waals surface area contributed by atoms with Gasteiger partial charge in [-0.3, -0.25) is 4.79 Å². The number of amides is 1. The molecule has 2 bridgehead atoms. The zero-order valence-corrected chi connectivity index (χ0v) is 11.8. The summed E-state index contributed by atoms with van der Waals surface area (Å²) in [6.07, 6.45) is 5.90. The van der Waals surface area contributed by atoms with E-state index in [-0.39, 0.29) is 5.91 Å². The number of aromatic nitrogens is 1. The lowest BCUT2D eigenvalue weighted by Crippen LogP contribution is -2.30. The van der Waals surface area contributed by atoms with Gasteiger partial charge in [0.1, 0.15) is 5.82 Å². The smallest absolute Gasteiger partial charge is 0.255 e. The van der Waals surface area contributed by atoms with Gasteiger partial charge in [-0.05, 0) is 62.0 Å². The van der Waals surface area contributed by atoms with Gasteiger partial charge in [-0.15, -0.1) is 0 Å². The Bertz CT molecular complexity index is 528. The highest BCUT2D eigenvalue weighted by Gasteiger charge is 2.65. The molecule has 0 saturated heterocycles. The average molecular weight is 271 g/mol. The molecule has 0 aromatic carbocycles. The van der Waals surface area contributed by atoms with E-state index in [4.69, 9.17) is 0 Å². The van der Waals surface area contributed by atoms with E-state index in [0.29, 0.717) is 17.4 Å². The van der Waals surface area contributed by atoms with Gasteiger partial charge < -0.3 is 10.6 Å². The van der Waals surface area contributed by atoms with E-state index in [1.165, 1.54) is 19.3 Å². The topological polar surface area (TPSA) is 54.0 Å². The number of anilines is 1. The Labute approximate surface area is 119 Å². The molecule has 1 aromatic heterocycles. The molecular formula is C16H21N3O. The minimum atomic E-state index is 0.0350. The van der Waals surface area contributed by atoms with E-state index in [1.807, 2.05) is 19.1 Å². The first-order valence-corrected chi connectivity index (χ1v) is 7.79. The minimum Gasteiger partial charge on any atom is -0.370 e. The van der Waals surface area contributed by atoms with Crippen molar-refractivity contribution in [1.29, 1.82) is 0 Å². The van der Waals surface area contributed by atoms with E-state index in [2.05, 4.69) is 15.6 Å². The molecule has 1 amide bonds. The van der Waals surface area contributed by atoms with Gasteiger partial charge in [0.15, 0.2) is 0 Å². The maximum Gasteiger partial charge on any atom is 0.255 e. The number of hydrogen-bond acceptors (Lipinski definition) is 3. The fraction of sp³-hybridized carbons (Fsp3) is 0.625. The largest absolute Gasteiger partial charge is 0.370 e. The molecule has 3 saturated carbocycles. The van der Waals surface area contributed by atoms with Crippen LogP contribution in [0.25, 0.3) is 0 Å². The molecule has 0 aliphatic heterocycles. The van der Waals surface area contributed by atoms with Gasteiger partial charge in [0.25, 0.3) is 5.91 Å². The van der Waals surface area contributed by atoms with Crippen LogP contribution in [-0.2, 0) is 0 Å². The third kappa shape index (κ3) is 1.74. The fourth-order valence-corrected chi connectivity index (χ4v) is 4.64. The van der Waals surface area contributed by atoms with Crippen molar-refractivity contribution in [2.24, 2.45) is 23.7 Å². The predicted octanol–water partition coefficient (Wildman–Crippen LogP) is 2.29. The van der Waals surface area contributed by atoms with Crippen molar-refractivity contribution in [2.75, 3.05) is 11.9 Å². The number of nitrogens with zero attached hydrogens (tertiary/aromatic N) is 1. The summed E-state index contributed by atoms with van der Waals surface area (Å²) in [5.41, 5.74) is 0.673. The van der Waals surface area contributed by atoms with Crippen molar-refractivity contribution < 1.29 is 4.79 Å². The van der Waals surface area contributed by atoms with Crippen LogP contribution in [0.5, 0.6) is 0 Å². The first-order valence-electron chi connectivity index (χ1n) is 7.79. The molecule has 20 heavy (non-hydrogen) atoms. The lowest BCUT2D eigenvalue weighted by atomic mass is 10.0. The summed E-state index contributed by atoms with van der Waals surface area (Å²) in [5, 5.41) is 6.41. The molecule has 0 spiro atoms. The third-order valence-corrected chi connectivity index (χ3v) is 5.43. The second-order valence-electron chi connectivity index (χ2n) is 6.42. The average Bonchev–Trinajstić information content (AvgIpc) is 2.85. The third-order valence-electron chi connectivity index (χ3n) is 5.43. The standard InChI is InChI=1S/C16H21N3O/c1-2-17-15-11(4-3-7-18-15)16(20)19-14-12-9-5-6-10(8-9)13(12)14/h3-4,7,9-10,12-14H,2,5-6,8H2,1H3,(H,17,18)(H,19,20). The molecule has 4 nitrogen and oxygen atoms in total. The summed E-state index contributed by atoms with van der Waals surface area (Å²) < 4.78 is 0. The molecule has 1 aromatic rings. The van der Waals surface area contributed by atoms with Crippen LogP contribution >= 0.6 is 0 Å². The van der Waals surface area contributed by atoms with Crippen molar-refractivity contribution >= 4 is 11.7 Å². The Hall–Kier alpha value is -1.58. The summed E-state index contributed by atoms with van der Waals surface area (Å²) >= 11 is 0. The summed E-state index contributed by atoms with van der Waals surface area (Å²) in [6, 6.07) is 4.11. The highest BCUT2D eigenvalue weighted by Crippen LogP contribution is 2.65. The lowest BCUT2D eigenvalue weighted by molar-refractivity contribution is 0.0945. The highest BCUT2D eigenvalue weighted by atomic mass is 16.1.